The van der Waals surface area contributed by atoms with Gasteiger partial charge in [0.05, 0.1) is 18.1 Å². The van der Waals surface area contributed by atoms with Crippen LogP contribution in [0.5, 0.6) is 0 Å². The number of carbonyl (C=O) groups excluding carboxylic acids is 2. The second-order valence-corrected chi connectivity index (χ2v) is 5.21. The molecular weight excluding hydrogens is 294 g/mol. The van der Waals surface area contributed by atoms with Crippen molar-refractivity contribution in [1.82, 2.24) is 10.3 Å². The van der Waals surface area contributed by atoms with Crippen molar-refractivity contribution < 1.29 is 9.59 Å². The minimum absolute atomic E-state index is 0.125. The molecule has 0 saturated heterocycles. The Morgan fingerprint density at radius 3 is 2.87 bits per heavy atom. The molecule has 0 radical (unpaired) electrons. The van der Waals surface area contributed by atoms with Crippen molar-refractivity contribution in [2.24, 2.45) is 11.5 Å². The Bertz CT molecular complexity index is 689. The molecule has 1 heterocycles. The number of amides is 2. The van der Waals surface area contributed by atoms with Gasteiger partial charge >= 0.3 is 0 Å². The van der Waals surface area contributed by atoms with E-state index in [9.17, 15) is 9.59 Å². The van der Waals surface area contributed by atoms with E-state index in [1.807, 2.05) is 24.3 Å². The standard InChI is InChI=1S/C16H21N5O2/c17-7-1-4-13(18)16(23)20-10-15(22)21-12-5-6-14-11(9-12)3-2-8-19-14/h2-3,5-6,8-9,13H,1,4,7,10,17-18H2,(H,20,23)(H,21,22)/t13-/m0/s1. The van der Waals surface area contributed by atoms with Crippen LogP contribution in [0.15, 0.2) is 36.5 Å². The van der Waals surface area contributed by atoms with E-state index in [0.29, 0.717) is 25.1 Å². The van der Waals surface area contributed by atoms with E-state index < -0.39 is 6.04 Å². The van der Waals surface area contributed by atoms with E-state index in [1.165, 1.54) is 0 Å². The molecule has 0 aliphatic heterocycles. The third kappa shape index (κ3) is 5.01. The first-order valence-corrected chi connectivity index (χ1v) is 7.48. The van der Waals surface area contributed by atoms with Crippen molar-refractivity contribution in [1.29, 1.82) is 0 Å². The average molecular weight is 315 g/mol. The SMILES string of the molecule is NCCC[C@H](N)C(=O)NCC(=O)Nc1ccc2ncccc2c1. The van der Waals surface area contributed by atoms with Crippen molar-refractivity contribution in [3.8, 4) is 0 Å². The fraction of sp³-hybridized carbons (Fsp3) is 0.312. The number of aromatic nitrogens is 1. The van der Waals surface area contributed by atoms with Crippen LogP contribution in [0.2, 0.25) is 0 Å². The zero-order chi connectivity index (χ0) is 16.7. The number of rotatable bonds is 7. The maximum Gasteiger partial charge on any atom is 0.243 e. The summed E-state index contributed by atoms with van der Waals surface area (Å²) in [6.07, 6.45) is 2.89. The van der Waals surface area contributed by atoms with Crippen LogP contribution in [0.1, 0.15) is 12.8 Å². The predicted molar refractivity (Wildman–Crippen MR) is 89.6 cm³/mol. The smallest absolute Gasteiger partial charge is 0.243 e. The van der Waals surface area contributed by atoms with Gasteiger partial charge in [-0.25, -0.2) is 0 Å². The Morgan fingerprint density at radius 1 is 1.26 bits per heavy atom. The highest BCUT2D eigenvalue weighted by Gasteiger charge is 2.13. The van der Waals surface area contributed by atoms with Gasteiger partial charge in [-0.3, -0.25) is 14.6 Å². The molecule has 6 N–H and O–H groups in total. The first-order chi connectivity index (χ1) is 11.1. The van der Waals surface area contributed by atoms with E-state index in [2.05, 4.69) is 15.6 Å². The zero-order valence-corrected chi connectivity index (χ0v) is 12.8. The molecule has 2 amide bonds. The van der Waals surface area contributed by atoms with Crippen LogP contribution in [-0.2, 0) is 9.59 Å². The lowest BCUT2D eigenvalue weighted by Crippen LogP contribution is -2.43. The quantitative estimate of drug-likeness (QED) is 0.587. The van der Waals surface area contributed by atoms with Gasteiger partial charge in [-0.1, -0.05) is 6.07 Å². The van der Waals surface area contributed by atoms with Gasteiger partial charge < -0.3 is 22.1 Å². The molecule has 1 aromatic carbocycles. The van der Waals surface area contributed by atoms with Gasteiger partial charge in [-0.05, 0) is 43.7 Å². The number of nitrogens with two attached hydrogens (primary N) is 2. The second kappa shape index (κ2) is 8.21. The third-order valence-corrected chi connectivity index (χ3v) is 3.37. The molecule has 0 unspecified atom stereocenters. The number of fused-ring (bicyclic) bond motifs is 1. The van der Waals surface area contributed by atoms with Crippen LogP contribution in [-0.4, -0.2) is 35.9 Å². The van der Waals surface area contributed by atoms with Gasteiger partial charge in [0, 0.05) is 17.3 Å². The molecule has 7 heteroatoms. The second-order valence-electron chi connectivity index (χ2n) is 5.21. The van der Waals surface area contributed by atoms with Crippen LogP contribution < -0.4 is 22.1 Å². The van der Waals surface area contributed by atoms with E-state index >= 15 is 0 Å². The number of benzene rings is 1. The molecule has 2 aromatic rings. The monoisotopic (exact) mass is 315 g/mol. The Kier molecular flexibility index (Phi) is 6.02. The highest BCUT2D eigenvalue weighted by molar-refractivity contribution is 5.96. The lowest BCUT2D eigenvalue weighted by molar-refractivity contribution is -0.125. The molecule has 122 valence electrons. The van der Waals surface area contributed by atoms with Gasteiger partial charge in [0.25, 0.3) is 0 Å². The summed E-state index contributed by atoms with van der Waals surface area (Å²) >= 11 is 0. The summed E-state index contributed by atoms with van der Waals surface area (Å²) in [4.78, 5) is 27.8. The summed E-state index contributed by atoms with van der Waals surface area (Å²) in [7, 11) is 0. The summed E-state index contributed by atoms with van der Waals surface area (Å²) in [6, 6.07) is 8.52. The molecule has 1 aromatic heterocycles. The highest BCUT2D eigenvalue weighted by atomic mass is 16.2. The van der Waals surface area contributed by atoms with Crippen molar-refractivity contribution in [3.05, 3.63) is 36.5 Å². The molecule has 0 fully saturated rings. The Balaban J connectivity index is 1.85. The number of nitrogens with one attached hydrogen (secondary N) is 2. The molecule has 2 rings (SSSR count). The Labute approximate surface area is 134 Å². The van der Waals surface area contributed by atoms with Gasteiger partial charge in [-0.2, -0.15) is 0 Å². The molecule has 0 aliphatic rings. The summed E-state index contributed by atoms with van der Waals surface area (Å²) < 4.78 is 0. The summed E-state index contributed by atoms with van der Waals surface area (Å²) in [5.41, 5.74) is 12.6. The fourth-order valence-corrected chi connectivity index (χ4v) is 2.13. The van der Waals surface area contributed by atoms with Gasteiger partial charge in [0.1, 0.15) is 0 Å². The topological polar surface area (TPSA) is 123 Å². The number of carbonyl (C=O) groups is 2. The minimum Gasteiger partial charge on any atom is -0.346 e. The first kappa shape index (κ1) is 16.9. The predicted octanol–water partition coefficient (Wildman–Crippen LogP) is 0.356. The summed E-state index contributed by atoms with van der Waals surface area (Å²) in [6.45, 7) is 0.360. The maximum absolute atomic E-state index is 11.9. The van der Waals surface area contributed by atoms with Crippen LogP contribution >= 0.6 is 0 Å². The molecule has 0 spiro atoms. The largest absolute Gasteiger partial charge is 0.346 e. The molecule has 1 atom stereocenters. The van der Waals surface area contributed by atoms with Crippen LogP contribution in [0.4, 0.5) is 5.69 Å². The molecule has 7 nitrogen and oxygen atoms in total. The average Bonchev–Trinajstić information content (AvgIpc) is 2.57. The van der Waals surface area contributed by atoms with Gasteiger partial charge in [0.2, 0.25) is 11.8 Å². The Morgan fingerprint density at radius 2 is 2.09 bits per heavy atom. The fourth-order valence-electron chi connectivity index (χ4n) is 2.13. The van der Waals surface area contributed by atoms with Crippen LogP contribution in [0, 0.1) is 0 Å². The maximum atomic E-state index is 11.9. The van der Waals surface area contributed by atoms with Crippen LogP contribution in [0.3, 0.4) is 0 Å². The molecule has 0 aliphatic carbocycles. The molecular formula is C16H21N5O2. The number of hydrogen-bond donors (Lipinski definition) is 4. The summed E-state index contributed by atoms with van der Waals surface area (Å²) in [5, 5.41) is 6.18. The van der Waals surface area contributed by atoms with Crippen molar-refractivity contribution in [2.75, 3.05) is 18.4 Å². The number of nitrogens with zero attached hydrogens (tertiary/aromatic N) is 1. The number of hydrogen-bond acceptors (Lipinski definition) is 5. The lowest BCUT2D eigenvalue weighted by atomic mass is 10.1. The third-order valence-electron chi connectivity index (χ3n) is 3.37. The lowest BCUT2D eigenvalue weighted by Gasteiger charge is -2.12. The zero-order valence-electron chi connectivity index (χ0n) is 12.8. The molecule has 0 bridgehead atoms. The number of anilines is 1. The first-order valence-electron chi connectivity index (χ1n) is 7.48. The van der Waals surface area contributed by atoms with Crippen molar-refractivity contribution >= 4 is 28.4 Å². The van der Waals surface area contributed by atoms with Gasteiger partial charge in [0.15, 0.2) is 0 Å². The Hall–Kier alpha value is -2.51. The normalized spacial score (nSPS) is 11.9. The molecule has 23 heavy (non-hydrogen) atoms. The van der Waals surface area contributed by atoms with Crippen molar-refractivity contribution in [2.45, 2.75) is 18.9 Å². The van der Waals surface area contributed by atoms with Crippen LogP contribution in [0.25, 0.3) is 10.9 Å². The molecule has 0 saturated carbocycles. The van der Waals surface area contributed by atoms with Gasteiger partial charge in [-0.15, -0.1) is 0 Å². The number of pyridine rings is 1. The van der Waals surface area contributed by atoms with E-state index in [1.54, 1.807) is 12.3 Å². The summed E-state index contributed by atoms with van der Waals surface area (Å²) in [5.74, 6) is -0.663. The van der Waals surface area contributed by atoms with E-state index in [-0.39, 0.29) is 18.4 Å². The van der Waals surface area contributed by atoms with Crippen molar-refractivity contribution in [3.63, 3.8) is 0 Å². The van der Waals surface area contributed by atoms with E-state index in [0.717, 1.165) is 10.9 Å². The van der Waals surface area contributed by atoms with E-state index in [4.69, 9.17) is 11.5 Å². The highest BCUT2D eigenvalue weighted by Crippen LogP contribution is 2.16. The minimum atomic E-state index is -0.641.